The van der Waals surface area contributed by atoms with Crippen molar-refractivity contribution in [1.29, 1.82) is 0 Å². The minimum absolute atomic E-state index is 0.206. The highest BCUT2D eigenvalue weighted by molar-refractivity contribution is 6.15. The van der Waals surface area contributed by atoms with Crippen molar-refractivity contribution in [3.8, 4) is 17.2 Å². The van der Waals surface area contributed by atoms with E-state index in [1.54, 1.807) is 49.4 Å². The van der Waals surface area contributed by atoms with Crippen molar-refractivity contribution in [3.05, 3.63) is 88.7 Å². The predicted octanol–water partition coefficient (Wildman–Crippen LogP) is 4.91. The van der Waals surface area contributed by atoms with Crippen LogP contribution in [0.3, 0.4) is 0 Å². The lowest BCUT2D eigenvalue weighted by Gasteiger charge is -2.12. The first-order valence-electron chi connectivity index (χ1n) is 10.1. The normalized spacial score (nSPS) is 13.5. The first-order valence-corrected chi connectivity index (χ1v) is 10.1. The maximum Gasteiger partial charge on any atom is 0.347 e. The fourth-order valence-corrected chi connectivity index (χ4v) is 3.47. The lowest BCUT2D eigenvalue weighted by molar-refractivity contribution is 0.0729. The van der Waals surface area contributed by atoms with Gasteiger partial charge in [0, 0.05) is 25.3 Å². The van der Waals surface area contributed by atoms with Gasteiger partial charge in [0.1, 0.15) is 22.8 Å². The second kappa shape index (κ2) is 8.59. The Morgan fingerprint density at radius 1 is 0.969 bits per heavy atom. The number of carbonyl (C=O) groups excluding carboxylic acids is 2. The number of rotatable bonds is 5. The van der Waals surface area contributed by atoms with E-state index in [0.717, 1.165) is 11.3 Å². The highest BCUT2D eigenvalue weighted by atomic mass is 16.5. The number of para-hydroxylation sites is 1. The summed E-state index contributed by atoms with van der Waals surface area (Å²) in [4.78, 5) is 27.5. The van der Waals surface area contributed by atoms with Crippen LogP contribution in [0.15, 0.2) is 66.4 Å². The Kier molecular flexibility index (Phi) is 5.69. The molecule has 0 bridgehead atoms. The van der Waals surface area contributed by atoms with Gasteiger partial charge in [-0.25, -0.2) is 4.79 Å². The standard InChI is InChI=1S/C26H23NO5/c1-16-21(32-26(29)19-7-5-6-8-22(19)30-4)14-13-20-24(28)23(31-25(16)20)15-17-9-11-18(12-10-17)27(2)3/h5-15H,1-4H3/b23-15-. The van der Waals surface area contributed by atoms with Gasteiger partial charge in [0.2, 0.25) is 5.78 Å². The Bertz CT molecular complexity index is 1230. The SMILES string of the molecule is COc1ccccc1C(=O)Oc1ccc2c(c1C)O/C(=C\c1ccc(N(C)C)cc1)C2=O. The zero-order chi connectivity index (χ0) is 22.8. The van der Waals surface area contributed by atoms with Gasteiger partial charge < -0.3 is 19.1 Å². The van der Waals surface area contributed by atoms with Gasteiger partial charge in [-0.1, -0.05) is 24.3 Å². The van der Waals surface area contributed by atoms with Gasteiger partial charge in [-0.3, -0.25) is 4.79 Å². The van der Waals surface area contributed by atoms with Crippen LogP contribution in [-0.4, -0.2) is 33.0 Å². The quantitative estimate of drug-likeness (QED) is 0.326. The zero-order valence-corrected chi connectivity index (χ0v) is 18.3. The van der Waals surface area contributed by atoms with Crippen LogP contribution in [0.5, 0.6) is 17.2 Å². The van der Waals surface area contributed by atoms with Gasteiger partial charge in [0.25, 0.3) is 0 Å². The van der Waals surface area contributed by atoms with Crippen LogP contribution in [0.2, 0.25) is 0 Å². The monoisotopic (exact) mass is 429 g/mol. The molecule has 0 aliphatic carbocycles. The zero-order valence-electron chi connectivity index (χ0n) is 18.3. The van der Waals surface area contributed by atoms with E-state index in [-0.39, 0.29) is 11.5 Å². The first kappa shape index (κ1) is 21.2. The van der Waals surface area contributed by atoms with Crippen LogP contribution in [0.1, 0.15) is 31.8 Å². The molecule has 0 saturated carbocycles. The highest BCUT2D eigenvalue weighted by Gasteiger charge is 2.30. The summed E-state index contributed by atoms with van der Waals surface area (Å²) in [5, 5.41) is 0. The summed E-state index contributed by atoms with van der Waals surface area (Å²) >= 11 is 0. The lowest BCUT2D eigenvalue weighted by atomic mass is 10.1. The number of anilines is 1. The molecular formula is C26H23NO5. The minimum Gasteiger partial charge on any atom is -0.496 e. The number of hydrogen-bond donors (Lipinski definition) is 0. The number of Topliss-reactive ketones (excluding diaryl/α,β-unsaturated/α-hetero) is 1. The molecule has 32 heavy (non-hydrogen) atoms. The number of carbonyl (C=O) groups is 2. The van der Waals surface area contributed by atoms with Gasteiger partial charge in [-0.05, 0) is 55.0 Å². The van der Waals surface area contributed by atoms with Gasteiger partial charge >= 0.3 is 5.97 Å². The number of benzene rings is 3. The Hall–Kier alpha value is -4.06. The summed E-state index contributed by atoms with van der Waals surface area (Å²) in [6, 6.07) is 17.9. The van der Waals surface area contributed by atoms with E-state index < -0.39 is 5.97 Å². The molecule has 0 fully saturated rings. The van der Waals surface area contributed by atoms with Crippen molar-refractivity contribution in [3.63, 3.8) is 0 Å². The molecule has 3 aromatic rings. The Labute approximate surface area is 186 Å². The number of esters is 1. The summed E-state index contributed by atoms with van der Waals surface area (Å²) in [6.45, 7) is 1.76. The molecule has 1 aliphatic rings. The fraction of sp³-hybridized carbons (Fsp3) is 0.154. The number of ether oxygens (including phenoxy) is 3. The third-order valence-electron chi connectivity index (χ3n) is 5.27. The third kappa shape index (κ3) is 3.95. The van der Waals surface area contributed by atoms with E-state index in [1.807, 2.05) is 43.3 Å². The predicted molar refractivity (Wildman–Crippen MR) is 123 cm³/mol. The molecule has 0 unspecified atom stereocenters. The van der Waals surface area contributed by atoms with Gasteiger partial charge in [0.05, 0.1) is 12.7 Å². The smallest absolute Gasteiger partial charge is 0.347 e. The van der Waals surface area contributed by atoms with Gasteiger partial charge in [0.15, 0.2) is 5.76 Å². The second-order valence-electron chi connectivity index (χ2n) is 7.58. The van der Waals surface area contributed by atoms with Crippen LogP contribution < -0.4 is 19.1 Å². The van der Waals surface area contributed by atoms with Crippen LogP contribution in [-0.2, 0) is 0 Å². The van der Waals surface area contributed by atoms with Crippen LogP contribution in [0.25, 0.3) is 6.08 Å². The topological polar surface area (TPSA) is 65.1 Å². The highest BCUT2D eigenvalue weighted by Crippen LogP contribution is 2.39. The summed E-state index contributed by atoms with van der Waals surface area (Å²) in [5.41, 5.74) is 3.24. The number of nitrogens with zero attached hydrogens (tertiary/aromatic N) is 1. The summed E-state index contributed by atoms with van der Waals surface area (Å²) in [6.07, 6.45) is 1.71. The molecule has 3 aromatic carbocycles. The Morgan fingerprint density at radius 2 is 1.69 bits per heavy atom. The molecule has 0 N–H and O–H groups in total. The third-order valence-corrected chi connectivity index (χ3v) is 5.27. The van der Waals surface area contributed by atoms with Crippen LogP contribution in [0, 0.1) is 6.92 Å². The average molecular weight is 429 g/mol. The molecule has 6 nitrogen and oxygen atoms in total. The van der Waals surface area contributed by atoms with Gasteiger partial charge in [-0.15, -0.1) is 0 Å². The molecule has 4 rings (SSSR count). The lowest BCUT2D eigenvalue weighted by Crippen LogP contribution is -2.11. The minimum atomic E-state index is -0.549. The maximum absolute atomic E-state index is 12.8. The molecule has 0 spiro atoms. The Morgan fingerprint density at radius 3 is 2.38 bits per heavy atom. The Balaban J connectivity index is 1.59. The van der Waals surface area contributed by atoms with E-state index in [0.29, 0.717) is 33.9 Å². The summed E-state index contributed by atoms with van der Waals surface area (Å²) in [7, 11) is 5.43. The molecule has 0 amide bonds. The molecule has 1 heterocycles. The van der Waals surface area contributed by atoms with E-state index in [9.17, 15) is 9.59 Å². The summed E-state index contributed by atoms with van der Waals surface area (Å²) in [5.74, 6) is 0.622. The average Bonchev–Trinajstić information content (AvgIpc) is 3.12. The first-order chi connectivity index (χ1) is 15.4. The van der Waals surface area contributed by atoms with Gasteiger partial charge in [-0.2, -0.15) is 0 Å². The molecule has 0 atom stereocenters. The van der Waals surface area contributed by atoms with E-state index in [2.05, 4.69) is 0 Å². The second-order valence-corrected chi connectivity index (χ2v) is 7.58. The number of methoxy groups -OCH3 is 1. The molecule has 0 aromatic heterocycles. The maximum atomic E-state index is 12.8. The molecule has 6 heteroatoms. The van der Waals surface area contributed by atoms with E-state index in [1.165, 1.54) is 7.11 Å². The summed E-state index contributed by atoms with van der Waals surface area (Å²) < 4.78 is 16.7. The van der Waals surface area contributed by atoms with Crippen molar-refractivity contribution in [2.24, 2.45) is 0 Å². The van der Waals surface area contributed by atoms with Crippen LogP contribution >= 0.6 is 0 Å². The van der Waals surface area contributed by atoms with Crippen molar-refractivity contribution in [2.45, 2.75) is 6.92 Å². The van der Waals surface area contributed by atoms with E-state index in [4.69, 9.17) is 14.2 Å². The molecule has 0 radical (unpaired) electrons. The van der Waals surface area contributed by atoms with Crippen molar-refractivity contribution in [1.82, 2.24) is 0 Å². The number of ketones is 1. The fourth-order valence-electron chi connectivity index (χ4n) is 3.47. The number of hydrogen-bond acceptors (Lipinski definition) is 6. The number of allylic oxidation sites excluding steroid dienone is 1. The molecule has 162 valence electrons. The van der Waals surface area contributed by atoms with Crippen LogP contribution in [0.4, 0.5) is 5.69 Å². The molecule has 1 aliphatic heterocycles. The number of fused-ring (bicyclic) bond motifs is 1. The van der Waals surface area contributed by atoms with Crippen molar-refractivity contribution >= 4 is 23.5 Å². The molecular weight excluding hydrogens is 406 g/mol. The largest absolute Gasteiger partial charge is 0.496 e. The van der Waals surface area contributed by atoms with E-state index >= 15 is 0 Å². The van der Waals surface area contributed by atoms with Crippen molar-refractivity contribution < 1.29 is 23.8 Å². The molecule has 0 saturated heterocycles. The van der Waals surface area contributed by atoms with Crippen molar-refractivity contribution in [2.75, 3.05) is 26.1 Å².